The standard InChI is InChI=1S/C19H22N2O3/c1-19(2)13-8-7-12(14(19)9-13)10-20-21-18(22)17-11-23-15-5-3-4-6-16(15)24-17/h3-7,10,13-14,17H,8-9,11H2,1-2H3,(H,21,22)/t13-,14+,17+/m0/s1. The molecule has 1 amide bonds. The SMILES string of the molecule is CC1(C)[C@H]2CC=C(C=NNC(=O)[C@H]3COc4ccccc4O3)[C@H]1C2. The number of amides is 1. The summed E-state index contributed by atoms with van der Waals surface area (Å²) in [5.74, 6) is 2.31. The highest BCUT2D eigenvalue weighted by molar-refractivity contribution is 5.85. The summed E-state index contributed by atoms with van der Waals surface area (Å²) in [7, 11) is 0. The Labute approximate surface area is 141 Å². The molecule has 0 spiro atoms. The zero-order chi connectivity index (χ0) is 16.7. The van der Waals surface area contributed by atoms with Crippen LogP contribution in [-0.4, -0.2) is 24.8 Å². The zero-order valence-corrected chi connectivity index (χ0v) is 14.0. The third-order valence-corrected chi connectivity index (χ3v) is 5.70. The van der Waals surface area contributed by atoms with Gasteiger partial charge in [-0.2, -0.15) is 5.10 Å². The summed E-state index contributed by atoms with van der Waals surface area (Å²) >= 11 is 0. The van der Waals surface area contributed by atoms with Crippen LogP contribution in [0.5, 0.6) is 11.5 Å². The molecule has 5 nitrogen and oxygen atoms in total. The second-order valence-electron chi connectivity index (χ2n) is 7.34. The van der Waals surface area contributed by atoms with Gasteiger partial charge >= 0.3 is 0 Å². The maximum atomic E-state index is 12.2. The lowest BCUT2D eigenvalue weighted by atomic mass is 9.49. The summed E-state index contributed by atoms with van der Waals surface area (Å²) in [6.45, 7) is 4.82. The Bertz CT molecular complexity index is 723. The summed E-state index contributed by atoms with van der Waals surface area (Å²) in [5.41, 5.74) is 4.16. The molecule has 0 aromatic heterocycles. The summed E-state index contributed by atoms with van der Waals surface area (Å²) in [4.78, 5) is 12.2. The van der Waals surface area contributed by atoms with Crippen molar-refractivity contribution < 1.29 is 14.3 Å². The molecule has 24 heavy (non-hydrogen) atoms. The molecule has 0 unspecified atom stereocenters. The monoisotopic (exact) mass is 326 g/mol. The molecule has 1 fully saturated rings. The number of nitrogens with zero attached hydrogens (tertiary/aromatic N) is 1. The highest BCUT2D eigenvalue weighted by atomic mass is 16.6. The fourth-order valence-electron chi connectivity index (χ4n) is 3.94. The number of carbonyl (C=O) groups excluding carboxylic acids is 1. The number of para-hydroxylation sites is 2. The summed E-state index contributed by atoms with van der Waals surface area (Å²) in [5, 5.41) is 4.14. The molecule has 0 saturated heterocycles. The van der Waals surface area contributed by atoms with Gasteiger partial charge in [0.1, 0.15) is 6.61 Å². The van der Waals surface area contributed by atoms with E-state index in [4.69, 9.17) is 9.47 Å². The topological polar surface area (TPSA) is 59.9 Å². The largest absolute Gasteiger partial charge is 0.485 e. The van der Waals surface area contributed by atoms with Crippen LogP contribution in [0.25, 0.3) is 0 Å². The molecule has 5 heteroatoms. The molecule has 4 aliphatic rings. The minimum atomic E-state index is -0.679. The molecule has 0 radical (unpaired) electrons. The third-order valence-electron chi connectivity index (χ3n) is 5.70. The van der Waals surface area contributed by atoms with Crippen LogP contribution in [-0.2, 0) is 4.79 Å². The van der Waals surface area contributed by atoms with Crippen molar-refractivity contribution in [2.45, 2.75) is 32.8 Å². The number of ether oxygens (including phenoxy) is 2. The first kappa shape index (κ1) is 15.2. The molecule has 3 aliphatic carbocycles. The van der Waals surface area contributed by atoms with Crippen molar-refractivity contribution in [3.8, 4) is 11.5 Å². The first-order chi connectivity index (χ1) is 11.6. The Kier molecular flexibility index (Phi) is 3.59. The summed E-state index contributed by atoms with van der Waals surface area (Å²) < 4.78 is 11.2. The van der Waals surface area contributed by atoms with Gasteiger partial charge in [0.05, 0.1) is 6.21 Å². The smallest absolute Gasteiger partial charge is 0.284 e. The van der Waals surface area contributed by atoms with Crippen molar-refractivity contribution in [1.82, 2.24) is 5.43 Å². The average Bonchev–Trinajstić information content (AvgIpc) is 2.61. The van der Waals surface area contributed by atoms with E-state index in [1.807, 2.05) is 18.2 Å². The van der Waals surface area contributed by atoms with Crippen LogP contribution in [0.3, 0.4) is 0 Å². The molecule has 1 N–H and O–H groups in total. The van der Waals surface area contributed by atoms with Crippen molar-refractivity contribution in [3.05, 3.63) is 35.9 Å². The minimum absolute atomic E-state index is 0.193. The Morgan fingerprint density at radius 1 is 1.33 bits per heavy atom. The molecule has 126 valence electrons. The van der Waals surface area contributed by atoms with E-state index >= 15 is 0 Å². The maximum absolute atomic E-state index is 12.2. The van der Waals surface area contributed by atoms with Crippen LogP contribution in [0.15, 0.2) is 41.0 Å². The Morgan fingerprint density at radius 2 is 2.12 bits per heavy atom. The molecule has 1 aliphatic heterocycles. The third kappa shape index (κ3) is 2.48. The zero-order valence-electron chi connectivity index (χ0n) is 14.0. The van der Waals surface area contributed by atoms with E-state index in [9.17, 15) is 4.79 Å². The van der Waals surface area contributed by atoms with Gasteiger partial charge in [0, 0.05) is 0 Å². The van der Waals surface area contributed by atoms with Crippen LogP contribution in [0.2, 0.25) is 0 Å². The molecule has 1 aromatic carbocycles. The van der Waals surface area contributed by atoms with Gasteiger partial charge in [-0.15, -0.1) is 0 Å². The predicted octanol–water partition coefficient (Wildman–Crippen LogP) is 2.92. The van der Waals surface area contributed by atoms with E-state index in [-0.39, 0.29) is 12.5 Å². The minimum Gasteiger partial charge on any atom is -0.485 e. The highest BCUT2D eigenvalue weighted by Crippen LogP contribution is 2.58. The van der Waals surface area contributed by atoms with Crippen LogP contribution in [0, 0.1) is 17.3 Å². The van der Waals surface area contributed by atoms with Crippen LogP contribution in [0.4, 0.5) is 0 Å². The van der Waals surface area contributed by atoms with Gasteiger partial charge in [0.2, 0.25) is 6.10 Å². The first-order valence-electron chi connectivity index (χ1n) is 8.47. The predicted molar refractivity (Wildman–Crippen MR) is 91.1 cm³/mol. The Balaban J connectivity index is 1.35. The fourth-order valence-corrected chi connectivity index (χ4v) is 3.94. The van der Waals surface area contributed by atoms with Gasteiger partial charge in [-0.1, -0.05) is 32.1 Å². The van der Waals surface area contributed by atoms with E-state index in [1.165, 1.54) is 12.0 Å². The number of hydrogen-bond donors (Lipinski definition) is 1. The number of carbonyl (C=O) groups is 1. The van der Waals surface area contributed by atoms with Crippen molar-refractivity contribution >= 4 is 12.1 Å². The van der Waals surface area contributed by atoms with Crippen LogP contribution >= 0.6 is 0 Å². The van der Waals surface area contributed by atoms with Gasteiger partial charge in [-0.3, -0.25) is 4.79 Å². The van der Waals surface area contributed by atoms with E-state index in [0.29, 0.717) is 22.8 Å². The van der Waals surface area contributed by atoms with E-state index < -0.39 is 6.10 Å². The maximum Gasteiger partial charge on any atom is 0.284 e. The molecule has 1 heterocycles. The molecular formula is C19H22N2O3. The quantitative estimate of drug-likeness (QED) is 0.686. The molecule has 1 aromatic rings. The Morgan fingerprint density at radius 3 is 2.88 bits per heavy atom. The molecular weight excluding hydrogens is 304 g/mol. The van der Waals surface area contributed by atoms with Gasteiger partial charge in [0.25, 0.3) is 5.91 Å². The number of allylic oxidation sites excluding steroid dienone is 2. The number of nitrogens with one attached hydrogen (secondary N) is 1. The lowest BCUT2D eigenvalue weighted by Crippen LogP contribution is -2.48. The van der Waals surface area contributed by atoms with Gasteiger partial charge in [-0.05, 0) is 47.8 Å². The lowest BCUT2D eigenvalue weighted by molar-refractivity contribution is -0.130. The number of rotatable bonds is 3. The molecule has 3 atom stereocenters. The molecule has 5 rings (SSSR count). The number of benzene rings is 1. The van der Waals surface area contributed by atoms with Crippen molar-refractivity contribution in [2.24, 2.45) is 22.4 Å². The Hall–Kier alpha value is -2.30. The number of hydrazone groups is 1. The van der Waals surface area contributed by atoms with Gasteiger partial charge in [0.15, 0.2) is 11.5 Å². The summed E-state index contributed by atoms with van der Waals surface area (Å²) in [6, 6.07) is 7.34. The number of fused-ring (bicyclic) bond motifs is 2. The van der Waals surface area contributed by atoms with E-state index in [1.54, 1.807) is 12.3 Å². The van der Waals surface area contributed by atoms with E-state index in [0.717, 1.165) is 12.3 Å². The second-order valence-corrected chi connectivity index (χ2v) is 7.34. The van der Waals surface area contributed by atoms with Crippen LogP contribution < -0.4 is 14.9 Å². The molecule has 2 bridgehead atoms. The van der Waals surface area contributed by atoms with Crippen molar-refractivity contribution in [2.75, 3.05) is 6.61 Å². The van der Waals surface area contributed by atoms with Crippen molar-refractivity contribution in [1.29, 1.82) is 0 Å². The van der Waals surface area contributed by atoms with Crippen LogP contribution in [0.1, 0.15) is 26.7 Å². The average molecular weight is 326 g/mol. The van der Waals surface area contributed by atoms with E-state index in [2.05, 4.69) is 30.5 Å². The van der Waals surface area contributed by atoms with Crippen molar-refractivity contribution in [3.63, 3.8) is 0 Å². The highest BCUT2D eigenvalue weighted by Gasteiger charge is 2.50. The number of hydrogen-bond acceptors (Lipinski definition) is 4. The molecule has 1 saturated carbocycles. The lowest BCUT2D eigenvalue weighted by Gasteiger charge is -2.55. The normalized spacial score (nSPS) is 29.6. The fraction of sp³-hybridized carbons (Fsp3) is 0.474. The first-order valence-corrected chi connectivity index (χ1v) is 8.47. The second kappa shape index (κ2) is 5.65. The van der Waals surface area contributed by atoms with Gasteiger partial charge in [-0.25, -0.2) is 5.43 Å². The summed E-state index contributed by atoms with van der Waals surface area (Å²) in [6.07, 6.45) is 5.69. The van der Waals surface area contributed by atoms with Gasteiger partial charge < -0.3 is 9.47 Å².